The summed E-state index contributed by atoms with van der Waals surface area (Å²) in [6.07, 6.45) is 0.639. The van der Waals surface area contributed by atoms with E-state index in [4.69, 9.17) is 23.2 Å². The molecule has 0 bridgehead atoms. The van der Waals surface area contributed by atoms with Crippen molar-refractivity contribution in [2.24, 2.45) is 0 Å². The minimum absolute atomic E-state index is 0.160. The van der Waals surface area contributed by atoms with Gasteiger partial charge >= 0.3 is 0 Å². The van der Waals surface area contributed by atoms with Gasteiger partial charge in [-0.3, -0.25) is 9.36 Å². The third-order valence-corrected chi connectivity index (χ3v) is 3.22. The molecule has 0 atom stereocenters. The first-order valence-electron chi connectivity index (χ1n) is 5.61. The summed E-state index contributed by atoms with van der Waals surface area (Å²) in [7, 11) is 0. The smallest absolute Gasteiger partial charge is 0.255 e. The van der Waals surface area contributed by atoms with E-state index in [1.807, 2.05) is 25.1 Å². The van der Waals surface area contributed by atoms with E-state index in [1.54, 1.807) is 10.6 Å². The second kappa shape index (κ2) is 5.55. The lowest BCUT2D eigenvalue weighted by molar-refractivity contribution is 0.675. The Labute approximate surface area is 115 Å². The third kappa shape index (κ3) is 2.74. The van der Waals surface area contributed by atoms with Gasteiger partial charge in [0.15, 0.2) is 0 Å². The van der Waals surface area contributed by atoms with Crippen LogP contribution in [0.2, 0.25) is 10.2 Å². The predicted octanol–water partition coefficient (Wildman–Crippen LogP) is 3.16. The second-order valence-electron chi connectivity index (χ2n) is 3.86. The van der Waals surface area contributed by atoms with Crippen molar-refractivity contribution in [3.63, 3.8) is 0 Å². The van der Waals surface area contributed by atoms with Crippen LogP contribution in [0.5, 0.6) is 0 Å². The fraction of sp³-hybridized carbons (Fsp3) is 0.231. The summed E-state index contributed by atoms with van der Waals surface area (Å²) in [5.41, 5.74) is 0.729. The molecule has 0 N–H and O–H groups in total. The molecule has 0 radical (unpaired) electrons. The molecule has 0 unspecified atom stereocenters. The van der Waals surface area contributed by atoms with Crippen molar-refractivity contribution in [2.45, 2.75) is 19.9 Å². The van der Waals surface area contributed by atoms with E-state index in [-0.39, 0.29) is 10.7 Å². The Morgan fingerprint density at radius 1 is 1.28 bits per heavy atom. The predicted molar refractivity (Wildman–Crippen MR) is 73.4 cm³/mol. The Hall–Kier alpha value is -1.32. The Kier molecular flexibility index (Phi) is 4.04. The highest BCUT2D eigenvalue weighted by atomic mass is 35.5. The van der Waals surface area contributed by atoms with Gasteiger partial charge in [0.25, 0.3) is 5.56 Å². The molecule has 1 aromatic heterocycles. The molecule has 0 amide bonds. The molecule has 0 spiro atoms. The van der Waals surface area contributed by atoms with Crippen LogP contribution in [0.25, 0.3) is 0 Å². The average molecular weight is 283 g/mol. The summed E-state index contributed by atoms with van der Waals surface area (Å²) < 4.78 is 1.59. The van der Waals surface area contributed by atoms with Crippen molar-refractivity contribution < 1.29 is 0 Å². The third-order valence-electron chi connectivity index (χ3n) is 2.66. The van der Waals surface area contributed by atoms with Gasteiger partial charge in [-0.25, -0.2) is 4.98 Å². The maximum absolute atomic E-state index is 11.9. The topological polar surface area (TPSA) is 34.9 Å². The lowest BCUT2D eigenvalue weighted by Crippen LogP contribution is -2.24. The Balaban J connectivity index is 2.47. The molecule has 0 fully saturated rings. The number of rotatable bonds is 3. The van der Waals surface area contributed by atoms with Crippen molar-refractivity contribution in [3.8, 4) is 0 Å². The monoisotopic (exact) mass is 282 g/mol. The van der Waals surface area contributed by atoms with Gasteiger partial charge in [-0.15, -0.1) is 0 Å². The van der Waals surface area contributed by atoms with Crippen LogP contribution >= 0.6 is 23.2 Å². The van der Waals surface area contributed by atoms with Crippen LogP contribution in [0.15, 0.2) is 35.1 Å². The lowest BCUT2D eigenvalue weighted by Gasteiger charge is -2.11. The van der Waals surface area contributed by atoms with E-state index >= 15 is 0 Å². The van der Waals surface area contributed by atoms with Crippen LogP contribution in [-0.2, 0) is 13.0 Å². The second-order valence-corrected chi connectivity index (χ2v) is 4.66. The van der Waals surface area contributed by atoms with Crippen LogP contribution in [0.3, 0.4) is 0 Å². The minimum atomic E-state index is -0.160. The van der Waals surface area contributed by atoms with Crippen molar-refractivity contribution >= 4 is 23.2 Å². The van der Waals surface area contributed by atoms with Crippen LogP contribution in [-0.4, -0.2) is 9.55 Å². The van der Waals surface area contributed by atoms with E-state index in [9.17, 15) is 4.79 Å². The quantitative estimate of drug-likeness (QED) is 0.811. The Morgan fingerprint density at radius 3 is 2.67 bits per heavy atom. The van der Waals surface area contributed by atoms with E-state index < -0.39 is 0 Å². The normalized spacial score (nSPS) is 10.6. The van der Waals surface area contributed by atoms with Crippen molar-refractivity contribution in [1.29, 1.82) is 0 Å². The van der Waals surface area contributed by atoms with Gasteiger partial charge in [0, 0.05) is 17.5 Å². The highest BCUT2D eigenvalue weighted by Gasteiger charge is 2.08. The largest absolute Gasteiger partial charge is 0.292 e. The van der Waals surface area contributed by atoms with Gasteiger partial charge in [0.2, 0.25) is 0 Å². The summed E-state index contributed by atoms with van der Waals surface area (Å²) in [4.78, 5) is 16.1. The lowest BCUT2D eigenvalue weighted by atomic mass is 10.2. The molecular formula is C13H12Cl2N2O. The molecule has 3 nitrogen and oxygen atoms in total. The molecule has 0 aliphatic heterocycles. The zero-order chi connectivity index (χ0) is 13.1. The molecule has 0 aliphatic carbocycles. The fourth-order valence-electron chi connectivity index (χ4n) is 1.76. The number of nitrogens with zero attached hydrogens (tertiary/aromatic N) is 2. The van der Waals surface area contributed by atoms with E-state index in [0.29, 0.717) is 23.8 Å². The summed E-state index contributed by atoms with van der Waals surface area (Å²) in [6, 6.07) is 8.76. The summed E-state index contributed by atoms with van der Waals surface area (Å²) in [6.45, 7) is 2.34. The standard InChI is InChI=1S/C13H12Cl2N2O/c1-2-12-16-11(15)7-13(18)17(12)8-9-5-3-4-6-10(9)14/h3-7H,2,8H2,1H3. The molecular weight excluding hydrogens is 271 g/mol. The molecule has 18 heavy (non-hydrogen) atoms. The highest BCUT2D eigenvalue weighted by Crippen LogP contribution is 2.16. The molecule has 0 saturated heterocycles. The van der Waals surface area contributed by atoms with Gasteiger partial charge in [-0.2, -0.15) is 0 Å². The molecule has 1 aromatic carbocycles. The van der Waals surface area contributed by atoms with Crippen molar-refractivity contribution in [1.82, 2.24) is 9.55 Å². The maximum Gasteiger partial charge on any atom is 0.255 e. The van der Waals surface area contributed by atoms with Gasteiger partial charge < -0.3 is 0 Å². The molecule has 0 aliphatic rings. The Bertz CT molecular complexity index is 623. The first-order chi connectivity index (χ1) is 8.61. The summed E-state index contributed by atoms with van der Waals surface area (Å²) in [5.74, 6) is 0.660. The van der Waals surface area contributed by atoms with Gasteiger partial charge in [-0.05, 0) is 11.6 Å². The van der Waals surface area contributed by atoms with E-state index in [0.717, 1.165) is 5.56 Å². The molecule has 5 heteroatoms. The van der Waals surface area contributed by atoms with Gasteiger partial charge in [-0.1, -0.05) is 48.3 Å². The first kappa shape index (κ1) is 13.1. The molecule has 2 aromatic rings. The number of aryl methyl sites for hydroxylation is 1. The number of benzene rings is 1. The van der Waals surface area contributed by atoms with Crippen LogP contribution < -0.4 is 5.56 Å². The minimum Gasteiger partial charge on any atom is -0.292 e. The fourth-order valence-corrected chi connectivity index (χ4v) is 2.15. The van der Waals surface area contributed by atoms with Gasteiger partial charge in [0.05, 0.1) is 6.54 Å². The zero-order valence-corrected chi connectivity index (χ0v) is 11.4. The summed E-state index contributed by atoms with van der Waals surface area (Å²) in [5, 5.41) is 0.869. The molecule has 0 saturated carbocycles. The number of aromatic nitrogens is 2. The average Bonchev–Trinajstić information content (AvgIpc) is 2.34. The highest BCUT2D eigenvalue weighted by molar-refractivity contribution is 6.31. The zero-order valence-electron chi connectivity index (χ0n) is 9.86. The maximum atomic E-state index is 11.9. The van der Waals surface area contributed by atoms with Crippen LogP contribution in [0.1, 0.15) is 18.3 Å². The van der Waals surface area contributed by atoms with E-state index in [2.05, 4.69) is 4.98 Å². The molecule has 94 valence electrons. The summed E-state index contributed by atoms with van der Waals surface area (Å²) >= 11 is 11.9. The molecule has 1 heterocycles. The first-order valence-corrected chi connectivity index (χ1v) is 6.37. The Morgan fingerprint density at radius 2 is 2.00 bits per heavy atom. The van der Waals surface area contributed by atoms with Crippen molar-refractivity contribution in [2.75, 3.05) is 0 Å². The SMILES string of the molecule is CCc1nc(Cl)cc(=O)n1Cc1ccccc1Cl. The number of hydrogen-bond acceptors (Lipinski definition) is 2. The van der Waals surface area contributed by atoms with E-state index in [1.165, 1.54) is 6.07 Å². The molecule has 2 rings (SSSR count). The van der Waals surface area contributed by atoms with Crippen LogP contribution in [0, 0.1) is 0 Å². The van der Waals surface area contributed by atoms with Gasteiger partial charge in [0.1, 0.15) is 11.0 Å². The van der Waals surface area contributed by atoms with Crippen molar-refractivity contribution in [3.05, 3.63) is 62.2 Å². The number of hydrogen-bond donors (Lipinski definition) is 0. The van der Waals surface area contributed by atoms with Crippen LogP contribution in [0.4, 0.5) is 0 Å². The number of halogens is 2.